The van der Waals surface area contributed by atoms with Gasteiger partial charge in [-0.15, -0.1) is 0 Å². The smallest absolute Gasteiger partial charge is 0.273 e. The van der Waals surface area contributed by atoms with Gasteiger partial charge in [-0.1, -0.05) is 33.6 Å². The van der Waals surface area contributed by atoms with E-state index in [1.54, 1.807) is 0 Å². The van der Waals surface area contributed by atoms with Crippen LogP contribution in [0.25, 0.3) is 0 Å². The molecule has 0 spiro atoms. The Morgan fingerprint density at radius 2 is 2.30 bits per heavy atom. The Morgan fingerprint density at radius 1 is 1.55 bits per heavy atom. The van der Waals surface area contributed by atoms with Gasteiger partial charge in [0, 0.05) is 6.04 Å². The summed E-state index contributed by atoms with van der Waals surface area (Å²) < 4.78 is 5.28. The predicted molar refractivity (Wildman–Crippen MR) is 77.2 cm³/mol. The lowest BCUT2D eigenvalue weighted by Gasteiger charge is -2.34. The Bertz CT molecular complexity index is 458. The van der Waals surface area contributed by atoms with Crippen LogP contribution in [0.1, 0.15) is 68.9 Å². The molecule has 0 aromatic carbocycles. The molecule has 1 aromatic heterocycles. The number of oxazole rings is 1. The highest BCUT2D eigenvalue weighted by atomic mass is 16.3. The molecular weight excluding hydrogens is 254 g/mol. The molecule has 112 valence electrons. The molecule has 3 N–H and O–H groups in total. The van der Waals surface area contributed by atoms with Crippen molar-refractivity contribution in [3.05, 3.63) is 17.8 Å². The second-order valence-electron chi connectivity index (χ2n) is 5.93. The van der Waals surface area contributed by atoms with Crippen LogP contribution in [-0.4, -0.2) is 16.9 Å². The third-order valence-electron chi connectivity index (χ3n) is 4.53. The third-order valence-corrected chi connectivity index (χ3v) is 4.53. The van der Waals surface area contributed by atoms with Gasteiger partial charge in [0.25, 0.3) is 5.91 Å². The summed E-state index contributed by atoms with van der Waals surface area (Å²) in [5, 5.41) is 3.08. The number of aromatic nitrogens is 1. The second-order valence-corrected chi connectivity index (χ2v) is 5.93. The number of nitrogens with two attached hydrogens (primary N) is 1. The molecule has 0 aliphatic heterocycles. The zero-order valence-electron chi connectivity index (χ0n) is 12.6. The van der Waals surface area contributed by atoms with Crippen LogP contribution in [0.15, 0.2) is 10.7 Å². The van der Waals surface area contributed by atoms with Crippen molar-refractivity contribution in [2.45, 2.75) is 58.5 Å². The Balaban J connectivity index is 1.99. The molecule has 0 radical (unpaired) electrons. The van der Waals surface area contributed by atoms with E-state index < -0.39 is 0 Å². The Kier molecular flexibility index (Phi) is 4.81. The summed E-state index contributed by atoms with van der Waals surface area (Å²) in [5.41, 5.74) is 6.17. The van der Waals surface area contributed by atoms with Gasteiger partial charge in [-0.25, -0.2) is 4.98 Å². The first-order chi connectivity index (χ1) is 9.52. The van der Waals surface area contributed by atoms with E-state index in [9.17, 15) is 4.79 Å². The number of nitrogens with one attached hydrogen (secondary N) is 1. The minimum atomic E-state index is -0.245. The highest BCUT2D eigenvalue weighted by Crippen LogP contribution is 2.29. The molecule has 1 heterocycles. The molecule has 1 amide bonds. The molecule has 4 unspecified atom stereocenters. The van der Waals surface area contributed by atoms with Crippen molar-refractivity contribution in [2.75, 3.05) is 0 Å². The van der Waals surface area contributed by atoms with Crippen LogP contribution < -0.4 is 11.1 Å². The fourth-order valence-electron chi connectivity index (χ4n) is 2.76. The molecule has 1 aromatic rings. The van der Waals surface area contributed by atoms with Gasteiger partial charge in [-0.05, 0) is 24.7 Å². The van der Waals surface area contributed by atoms with Gasteiger partial charge in [0.05, 0.1) is 6.04 Å². The highest BCUT2D eigenvalue weighted by molar-refractivity contribution is 5.92. The molecule has 1 saturated carbocycles. The zero-order chi connectivity index (χ0) is 14.7. The number of carbonyl (C=O) groups excluding carboxylic acids is 1. The number of carbonyl (C=O) groups is 1. The number of nitrogens with zero attached hydrogens (tertiary/aromatic N) is 1. The molecule has 4 atom stereocenters. The maximum atomic E-state index is 12.2. The van der Waals surface area contributed by atoms with Crippen molar-refractivity contribution in [2.24, 2.45) is 17.6 Å². The van der Waals surface area contributed by atoms with Crippen LogP contribution in [-0.2, 0) is 0 Å². The first-order valence-electron chi connectivity index (χ1n) is 7.54. The van der Waals surface area contributed by atoms with Crippen LogP contribution in [0, 0.1) is 11.8 Å². The largest absolute Gasteiger partial charge is 0.446 e. The van der Waals surface area contributed by atoms with Crippen molar-refractivity contribution in [3.63, 3.8) is 0 Å². The molecular formula is C15H25N3O2. The molecule has 1 aliphatic carbocycles. The third kappa shape index (κ3) is 3.20. The zero-order valence-corrected chi connectivity index (χ0v) is 12.6. The lowest BCUT2D eigenvalue weighted by Crippen LogP contribution is -2.43. The summed E-state index contributed by atoms with van der Waals surface area (Å²) in [4.78, 5) is 16.4. The van der Waals surface area contributed by atoms with Gasteiger partial charge in [0.1, 0.15) is 6.26 Å². The standard InChI is InChI=1S/C15H25N3O2/c1-4-11(16)15-18-13(8-20-15)14(19)17-12-7-5-6-9(2)10(12)3/h8-12H,4-7,16H2,1-3H3,(H,17,19). The summed E-state index contributed by atoms with van der Waals surface area (Å²) in [5.74, 6) is 1.42. The van der Waals surface area contributed by atoms with Gasteiger partial charge in [-0.3, -0.25) is 4.79 Å². The number of hydrogen-bond acceptors (Lipinski definition) is 4. The molecule has 5 heteroatoms. The Morgan fingerprint density at radius 3 is 3.00 bits per heavy atom. The minimum absolute atomic E-state index is 0.158. The molecule has 1 fully saturated rings. The van der Waals surface area contributed by atoms with Gasteiger partial charge in [-0.2, -0.15) is 0 Å². The van der Waals surface area contributed by atoms with Crippen LogP contribution in [0.3, 0.4) is 0 Å². The Labute approximate surface area is 120 Å². The summed E-state index contributed by atoms with van der Waals surface area (Å²) >= 11 is 0. The normalized spacial score (nSPS) is 28.1. The second kappa shape index (κ2) is 6.39. The summed E-state index contributed by atoms with van der Waals surface area (Å²) in [7, 11) is 0. The maximum Gasteiger partial charge on any atom is 0.273 e. The molecule has 0 saturated heterocycles. The van der Waals surface area contributed by atoms with Gasteiger partial charge < -0.3 is 15.5 Å². The average Bonchev–Trinajstić information content (AvgIpc) is 2.93. The van der Waals surface area contributed by atoms with E-state index in [1.807, 2.05) is 6.92 Å². The van der Waals surface area contributed by atoms with E-state index in [2.05, 4.69) is 24.1 Å². The lowest BCUT2D eigenvalue weighted by molar-refractivity contribution is 0.0886. The molecule has 20 heavy (non-hydrogen) atoms. The van der Waals surface area contributed by atoms with Crippen molar-refractivity contribution < 1.29 is 9.21 Å². The topological polar surface area (TPSA) is 81.1 Å². The molecule has 5 nitrogen and oxygen atoms in total. The van der Waals surface area contributed by atoms with Gasteiger partial charge in [0.15, 0.2) is 5.69 Å². The van der Waals surface area contributed by atoms with Crippen molar-refractivity contribution in [3.8, 4) is 0 Å². The molecule has 2 rings (SSSR count). The van der Waals surface area contributed by atoms with E-state index in [-0.39, 0.29) is 18.0 Å². The SMILES string of the molecule is CCC(N)c1nc(C(=O)NC2CCCC(C)C2C)co1. The van der Waals surface area contributed by atoms with E-state index >= 15 is 0 Å². The van der Waals surface area contributed by atoms with Crippen LogP contribution in [0.2, 0.25) is 0 Å². The minimum Gasteiger partial charge on any atom is -0.446 e. The first-order valence-corrected chi connectivity index (χ1v) is 7.54. The monoisotopic (exact) mass is 279 g/mol. The van der Waals surface area contributed by atoms with Crippen LogP contribution >= 0.6 is 0 Å². The highest BCUT2D eigenvalue weighted by Gasteiger charge is 2.29. The Hall–Kier alpha value is -1.36. The predicted octanol–water partition coefficient (Wildman–Crippen LogP) is 2.64. The van der Waals surface area contributed by atoms with Crippen molar-refractivity contribution >= 4 is 5.91 Å². The molecule has 1 aliphatic rings. The quantitative estimate of drug-likeness (QED) is 0.887. The van der Waals surface area contributed by atoms with E-state index in [1.165, 1.54) is 19.1 Å². The summed E-state index contributed by atoms with van der Waals surface area (Å²) in [6, 6.07) is -0.0172. The van der Waals surface area contributed by atoms with Crippen molar-refractivity contribution in [1.29, 1.82) is 0 Å². The van der Waals surface area contributed by atoms with Gasteiger partial charge in [0.2, 0.25) is 5.89 Å². The number of amides is 1. The van der Waals surface area contributed by atoms with Crippen molar-refractivity contribution in [1.82, 2.24) is 10.3 Å². The average molecular weight is 279 g/mol. The first kappa shape index (κ1) is 15.0. The fourth-order valence-corrected chi connectivity index (χ4v) is 2.76. The number of rotatable bonds is 4. The lowest BCUT2D eigenvalue weighted by atomic mass is 9.78. The maximum absolute atomic E-state index is 12.2. The van der Waals surface area contributed by atoms with Gasteiger partial charge >= 0.3 is 0 Å². The number of hydrogen-bond donors (Lipinski definition) is 2. The summed E-state index contributed by atoms with van der Waals surface area (Å²) in [6.07, 6.45) is 5.58. The fraction of sp³-hybridized carbons (Fsp3) is 0.733. The van der Waals surface area contributed by atoms with E-state index in [0.29, 0.717) is 23.4 Å². The van der Waals surface area contributed by atoms with E-state index in [0.717, 1.165) is 12.8 Å². The van der Waals surface area contributed by atoms with E-state index in [4.69, 9.17) is 10.2 Å². The van der Waals surface area contributed by atoms with Crippen LogP contribution in [0.4, 0.5) is 0 Å². The van der Waals surface area contributed by atoms with Crippen LogP contribution in [0.5, 0.6) is 0 Å². The molecule has 0 bridgehead atoms. The summed E-state index contributed by atoms with van der Waals surface area (Å²) in [6.45, 7) is 6.41.